The van der Waals surface area contributed by atoms with Gasteiger partial charge in [-0.3, -0.25) is 0 Å². The predicted molar refractivity (Wildman–Crippen MR) is 69.3 cm³/mol. The number of para-hydroxylation sites is 1. The number of aromatic nitrogens is 3. The molecular formula is C13H10N4O2. The zero-order valence-electron chi connectivity index (χ0n) is 9.85. The van der Waals surface area contributed by atoms with Crippen LogP contribution in [0.15, 0.2) is 48.5 Å². The fourth-order valence-electron chi connectivity index (χ4n) is 1.67. The average Bonchev–Trinajstić information content (AvgIpc) is 2.83. The zero-order valence-corrected chi connectivity index (χ0v) is 9.85. The Labute approximate surface area is 108 Å². The highest BCUT2D eigenvalue weighted by Gasteiger charge is 2.11. The van der Waals surface area contributed by atoms with Crippen molar-refractivity contribution in [3.05, 3.63) is 54.1 Å². The summed E-state index contributed by atoms with van der Waals surface area (Å²) in [5.74, 6) is -0.518. The molecule has 0 fully saturated rings. The van der Waals surface area contributed by atoms with Crippen molar-refractivity contribution in [1.29, 1.82) is 0 Å². The van der Waals surface area contributed by atoms with E-state index in [9.17, 15) is 4.79 Å². The molecule has 6 nitrogen and oxygen atoms in total. The number of hydrogen-bond donors (Lipinski definition) is 1. The van der Waals surface area contributed by atoms with E-state index in [1.54, 1.807) is 36.4 Å². The third-order valence-corrected chi connectivity index (χ3v) is 2.64. The summed E-state index contributed by atoms with van der Waals surface area (Å²) in [6.07, 6.45) is 0. The highest BCUT2D eigenvalue weighted by atomic mass is 16.7. The van der Waals surface area contributed by atoms with E-state index in [1.807, 2.05) is 12.1 Å². The van der Waals surface area contributed by atoms with Gasteiger partial charge in [0.2, 0.25) is 0 Å². The molecule has 0 unspecified atom stereocenters. The molecule has 1 aromatic heterocycles. The Bertz CT molecular complexity index is 734. The maximum absolute atomic E-state index is 11.9. The zero-order chi connectivity index (χ0) is 13.2. The smallest absolute Gasteiger partial charge is 0.365 e. The van der Waals surface area contributed by atoms with E-state index in [2.05, 4.69) is 10.3 Å². The summed E-state index contributed by atoms with van der Waals surface area (Å²) >= 11 is 0. The average molecular weight is 254 g/mol. The molecule has 0 spiro atoms. The molecule has 0 aliphatic heterocycles. The van der Waals surface area contributed by atoms with Crippen molar-refractivity contribution >= 4 is 22.7 Å². The van der Waals surface area contributed by atoms with Gasteiger partial charge in [-0.25, -0.2) is 4.79 Å². The number of carbonyl (C=O) groups is 1. The second-order valence-corrected chi connectivity index (χ2v) is 3.95. The fraction of sp³-hybridized carbons (Fsp3) is 0. The first-order valence-corrected chi connectivity index (χ1v) is 5.63. The van der Waals surface area contributed by atoms with Gasteiger partial charge in [0.05, 0.1) is 5.56 Å². The first-order valence-electron chi connectivity index (χ1n) is 5.63. The number of carbonyl (C=O) groups excluding carboxylic acids is 1. The van der Waals surface area contributed by atoms with Crippen molar-refractivity contribution in [2.75, 3.05) is 5.73 Å². The van der Waals surface area contributed by atoms with Gasteiger partial charge in [-0.15, -0.1) is 5.10 Å². The monoisotopic (exact) mass is 254 g/mol. The summed E-state index contributed by atoms with van der Waals surface area (Å²) in [5, 5.41) is 7.67. The third-order valence-electron chi connectivity index (χ3n) is 2.64. The van der Waals surface area contributed by atoms with Crippen LogP contribution in [0.4, 0.5) is 5.69 Å². The summed E-state index contributed by atoms with van der Waals surface area (Å²) in [6, 6.07) is 13.7. The predicted octanol–water partition coefficient (Wildman–Crippen LogP) is 1.28. The number of nitrogens with two attached hydrogens (primary N) is 1. The quantitative estimate of drug-likeness (QED) is 0.550. The highest BCUT2D eigenvalue weighted by molar-refractivity contribution is 5.90. The van der Waals surface area contributed by atoms with Crippen LogP contribution < -0.4 is 10.6 Å². The lowest BCUT2D eigenvalue weighted by molar-refractivity contribution is 0.0409. The second-order valence-electron chi connectivity index (χ2n) is 3.95. The molecule has 0 saturated heterocycles. The van der Waals surface area contributed by atoms with Crippen LogP contribution in [-0.2, 0) is 0 Å². The standard InChI is InChI=1S/C13H10N4O2/c14-10-7-5-9(6-8-10)13(18)19-17-12-4-2-1-3-11(12)15-16-17/h1-8H,14H2. The minimum absolute atomic E-state index is 0.397. The molecule has 0 saturated carbocycles. The number of benzene rings is 2. The van der Waals surface area contributed by atoms with Crippen LogP contribution in [0.5, 0.6) is 0 Å². The van der Waals surface area contributed by atoms with Gasteiger partial charge >= 0.3 is 5.97 Å². The Morgan fingerprint density at radius 3 is 2.63 bits per heavy atom. The summed E-state index contributed by atoms with van der Waals surface area (Å²) in [4.78, 5) is 18.2. The molecule has 0 atom stereocenters. The Kier molecular flexibility index (Phi) is 2.60. The second kappa shape index (κ2) is 4.41. The van der Waals surface area contributed by atoms with Crippen LogP contribution in [-0.4, -0.2) is 21.1 Å². The summed E-state index contributed by atoms with van der Waals surface area (Å²) in [6.45, 7) is 0. The number of nitrogens with zero attached hydrogens (tertiary/aromatic N) is 3. The lowest BCUT2D eigenvalue weighted by Crippen LogP contribution is -2.21. The molecule has 0 bridgehead atoms. The van der Waals surface area contributed by atoms with E-state index < -0.39 is 5.97 Å². The first kappa shape index (κ1) is 11.2. The summed E-state index contributed by atoms with van der Waals surface area (Å²) in [7, 11) is 0. The maximum Gasteiger partial charge on any atom is 0.365 e. The molecule has 0 aliphatic carbocycles. The van der Waals surface area contributed by atoms with E-state index in [-0.39, 0.29) is 0 Å². The van der Waals surface area contributed by atoms with Crippen LogP contribution in [0.1, 0.15) is 10.4 Å². The molecule has 3 rings (SSSR count). The molecule has 0 amide bonds. The highest BCUT2D eigenvalue weighted by Crippen LogP contribution is 2.10. The SMILES string of the molecule is Nc1ccc(C(=O)On2nnc3ccccc32)cc1. The fourth-order valence-corrected chi connectivity index (χ4v) is 1.67. The van der Waals surface area contributed by atoms with Crippen LogP contribution in [0.2, 0.25) is 0 Å². The number of rotatable bonds is 2. The Hall–Kier alpha value is -2.89. The van der Waals surface area contributed by atoms with Gasteiger partial charge in [-0.2, -0.15) is 0 Å². The van der Waals surface area contributed by atoms with Crippen molar-refractivity contribution in [3.63, 3.8) is 0 Å². The topological polar surface area (TPSA) is 83.0 Å². The molecule has 0 aliphatic rings. The Morgan fingerprint density at radius 1 is 1.11 bits per heavy atom. The molecule has 19 heavy (non-hydrogen) atoms. The molecule has 3 aromatic rings. The van der Waals surface area contributed by atoms with Crippen LogP contribution in [0, 0.1) is 0 Å². The van der Waals surface area contributed by atoms with Gasteiger partial charge in [0.1, 0.15) is 11.0 Å². The van der Waals surface area contributed by atoms with Gasteiger partial charge in [-0.1, -0.05) is 17.0 Å². The minimum atomic E-state index is -0.518. The molecule has 6 heteroatoms. The van der Waals surface area contributed by atoms with E-state index in [1.165, 1.54) is 0 Å². The van der Waals surface area contributed by atoms with Gasteiger partial charge in [0, 0.05) is 5.69 Å². The molecule has 0 radical (unpaired) electrons. The summed E-state index contributed by atoms with van der Waals surface area (Å²) in [5.41, 5.74) is 7.83. The largest absolute Gasteiger partial charge is 0.399 e. The van der Waals surface area contributed by atoms with Gasteiger partial charge < -0.3 is 10.6 Å². The lowest BCUT2D eigenvalue weighted by Gasteiger charge is -2.03. The van der Waals surface area contributed by atoms with Crippen molar-refractivity contribution < 1.29 is 9.63 Å². The number of nitrogen functional groups attached to an aromatic ring is 1. The van der Waals surface area contributed by atoms with Crippen LogP contribution >= 0.6 is 0 Å². The number of anilines is 1. The van der Waals surface area contributed by atoms with E-state index in [0.29, 0.717) is 22.3 Å². The van der Waals surface area contributed by atoms with Crippen molar-refractivity contribution in [2.24, 2.45) is 0 Å². The van der Waals surface area contributed by atoms with E-state index >= 15 is 0 Å². The molecule has 1 heterocycles. The van der Waals surface area contributed by atoms with Crippen molar-refractivity contribution in [1.82, 2.24) is 15.2 Å². The van der Waals surface area contributed by atoms with Gasteiger partial charge in [0.25, 0.3) is 0 Å². The van der Waals surface area contributed by atoms with E-state index in [0.717, 1.165) is 4.85 Å². The van der Waals surface area contributed by atoms with Crippen molar-refractivity contribution in [2.45, 2.75) is 0 Å². The Morgan fingerprint density at radius 2 is 1.84 bits per heavy atom. The van der Waals surface area contributed by atoms with Crippen LogP contribution in [0.25, 0.3) is 11.0 Å². The van der Waals surface area contributed by atoms with Gasteiger partial charge in [0.15, 0.2) is 0 Å². The minimum Gasteiger partial charge on any atom is -0.399 e. The molecule has 94 valence electrons. The van der Waals surface area contributed by atoms with Crippen LogP contribution in [0.3, 0.4) is 0 Å². The maximum atomic E-state index is 11.9. The normalized spacial score (nSPS) is 10.5. The van der Waals surface area contributed by atoms with E-state index in [4.69, 9.17) is 10.6 Å². The van der Waals surface area contributed by atoms with Gasteiger partial charge in [-0.05, 0) is 41.6 Å². The summed E-state index contributed by atoms with van der Waals surface area (Å²) < 4.78 is 0. The third kappa shape index (κ3) is 2.11. The molecule has 2 N–H and O–H groups in total. The van der Waals surface area contributed by atoms with Crippen molar-refractivity contribution in [3.8, 4) is 0 Å². The first-order chi connectivity index (χ1) is 9.24. The molecular weight excluding hydrogens is 244 g/mol. The molecule has 2 aromatic carbocycles. The Balaban J connectivity index is 1.89. The lowest BCUT2D eigenvalue weighted by atomic mass is 10.2. The number of fused-ring (bicyclic) bond motifs is 1. The number of hydrogen-bond acceptors (Lipinski definition) is 5.